The normalized spacial score (nSPS) is 17.3. The van der Waals surface area contributed by atoms with Gasteiger partial charge < -0.3 is 5.32 Å². The van der Waals surface area contributed by atoms with Crippen LogP contribution in [0.1, 0.15) is 37.8 Å². The average Bonchev–Trinajstić information content (AvgIpc) is 2.46. The van der Waals surface area contributed by atoms with Gasteiger partial charge in [0.05, 0.1) is 0 Å². The third kappa shape index (κ3) is 3.56. The Balaban J connectivity index is 1.95. The van der Waals surface area contributed by atoms with E-state index in [1.807, 2.05) is 0 Å². The van der Waals surface area contributed by atoms with Crippen molar-refractivity contribution < 1.29 is 0 Å². The summed E-state index contributed by atoms with van der Waals surface area (Å²) in [7, 11) is 0. The molecule has 0 radical (unpaired) electrons. The van der Waals surface area contributed by atoms with Crippen molar-refractivity contribution in [1.82, 2.24) is 10.2 Å². The SMILES string of the molecule is CCc1ccc(CN(CC)C2CCNCC2)cc1. The Morgan fingerprint density at radius 2 is 1.67 bits per heavy atom. The van der Waals surface area contributed by atoms with Gasteiger partial charge in [-0.15, -0.1) is 0 Å². The van der Waals surface area contributed by atoms with Crippen LogP contribution in [0.5, 0.6) is 0 Å². The van der Waals surface area contributed by atoms with E-state index >= 15 is 0 Å². The molecule has 0 unspecified atom stereocenters. The molecule has 0 atom stereocenters. The van der Waals surface area contributed by atoms with Crippen LogP contribution in [0.4, 0.5) is 0 Å². The predicted octanol–water partition coefficient (Wildman–Crippen LogP) is 2.82. The molecule has 0 spiro atoms. The van der Waals surface area contributed by atoms with Crippen molar-refractivity contribution in [3.05, 3.63) is 35.4 Å². The summed E-state index contributed by atoms with van der Waals surface area (Å²) < 4.78 is 0. The minimum Gasteiger partial charge on any atom is -0.317 e. The summed E-state index contributed by atoms with van der Waals surface area (Å²) >= 11 is 0. The Kier molecular flexibility index (Phi) is 5.21. The number of nitrogens with one attached hydrogen (secondary N) is 1. The highest BCUT2D eigenvalue weighted by Gasteiger charge is 2.19. The molecule has 100 valence electrons. The summed E-state index contributed by atoms with van der Waals surface area (Å²) in [5.41, 5.74) is 2.89. The van der Waals surface area contributed by atoms with Crippen LogP contribution < -0.4 is 5.32 Å². The highest BCUT2D eigenvalue weighted by Crippen LogP contribution is 2.16. The molecule has 2 heteroatoms. The Hall–Kier alpha value is -0.860. The molecule has 1 N–H and O–H groups in total. The second kappa shape index (κ2) is 6.91. The number of hydrogen-bond donors (Lipinski definition) is 1. The van der Waals surface area contributed by atoms with E-state index in [9.17, 15) is 0 Å². The lowest BCUT2D eigenvalue weighted by Gasteiger charge is -2.34. The third-order valence-corrected chi connectivity index (χ3v) is 4.05. The first-order chi connectivity index (χ1) is 8.83. The number of rotatable bonds is 5. The molecule has 0 aromatic heterocycles. The van der Waals surface area contributed by atoms with E-state index in [4.69, 9.17) is 0 Å². The average molecular weight is 246 g/mol. The van der Waals surface area contributed by atoms with E-state index in [0.717, 1.165) is 25.6 Å². The summed E-state index contributed by atoms with van der Waals surface area (Å²) in [6.45, 7) is 9.10. The van der Waals surface area contributed by atoms with Crippen LogP contribution in [-0.4, -0.2) is 30.6 Å². The number of nitrogens with zero attached hydrogens (tertiary/aromatic N) is 1. The Morgan fingerprint density at radius 1 is 1.06 bits per heavy atom. The summed E-state index contributed by atoms with van der Waals surface area (Å²) in [6.07, 6.45) is 3.72. The molecule has 0 bridgehead atoms. The molecule has 1 saturated heterocycles. The van der Waals surface area contributed by atoms with Gasteiger partial charge in [-0.2, -0.15) is 0 Å². The maximum Gasteiger partial charge on any atom is 0.0236 e. The fourth-order valence-electron chi connectivity index (χ4n) is 2.79. The highest BCUT2D eigenvalue weighted by atomic mass is 15.2. The molecule has 1 aromatic carbocycles. The van der Waals surface area contributed by atoms with E-state index in [0.29, 0.717) is 0 Å². The van der Waals surface area contributed by atoms with Crippen LogP contribution in [0.25, 0.3) is 0 Å². The molecular weight excluding hydrogens is 220 g/mol. The van der Waals surface area contributed by atoms with Crippen LogP contribution in [0.2, 0.25) is 0 Å². The molecule has 1 aromatic rings. The highest BCUT2D eigenvalue weighted by molar-refractivity contribution is 5.22. The molecule has 1 aliphatic rings. The van der Waals surface area contributed by atoms with Crippen molar-refractivity contribution in [2.75, 3.05) is 19.6 Å². The van der Waals surface area contributed by atoms with Crippen LogP contribution in [0.15, 0.2) is 24.3 Å². The molecule has 0 saturated carbocycles. The summed E-state index contributed by atoms with van der Waals surface area (Å²) in [4.78, 5) is 2.63. The van der Waals surface area contributed by atoms with E-state index in [-0.39, 0.29) is 0 Å². The van der Waals surface area contributed by atoms with Gasteiger partial charge in [0.15, 0.2) is 0 Å². The first kappa shape index (κ1) is 13.6. The molecule has 1 heterocycles. The zero-order chi connectivity index (χ0) is 12.8. The monoisotopic (exact) mass is 246 g/mol. The zero-order valence-corrected chi connectivity index (χ0v) is 11.8. The second-order valence-corrected chi connectivity index (χ2v) is 5.21. The number of hydrogen-bond acceptors (Lipinski definition) is 2. The first-order valence-electron chi connectivity index (χ1n) is 7.36. The summed E-state index contributed by atoms with van der Waals surface area (Å²) in [5, 5.41) is 3.45. The van der Waals surface area contributed by atoms with Crippen molar-refractivity contribution in [2.24, 2.45) is 0 Å². The van der Waals surface area contributed by atoms with E-state index in [1.165, 1.54) is 37.1 Å². The predicted molar refractivity (Wildman–Crippen MR) is 77.8 cm³/mol. The Labute approximate surface area is 111 Å². The van der Waals surface area contributed by atoms with Crippen LogP contribution in [0, 0.1) is 0 Å². The van der Waals surface area contributed by atoms with Crippen molar-refractivity contribution >= 4 is 0 Å². The first-order valence-corrected chi connectivity index (χ1v) is 7.36. The molecule has 18 heavy (non-hydrogen) atoms. The van der Waals surface area contributed by atoms with Crippen molar-refractivity contribution in [3.8, 4) is 0 Å². The molecular formula is C16H26N2. The van der Waals surface area contributed by atoms with Gasteiger partial charge in [0.1, 0.15) is 0 Å². The molecule has 1 aliphatic heterocycles. The Bertz CT molecular complexity index is 339. The lowest BCUT2D eigenvalue weighted by molar-refractivity contribution is 0.162. The van der Waals surface area contributed by atoms with Crippen molar-refractivity contribution in [2.45, 2.75) is 45.7 Å². The third-order valence-electron chi connectivity index (χ3n) is 4.05. The van der Waals surface area contributed by atoms with Crippen molar-refractivity contribution in [1.29, 1.82) is 0 Å². The zero-order valence-electron chi connectivity index (χ0n) is 11.8. The van der Waals surface area contributed by atoms with E-state index < -0.39 is 0 Å². The molecule has 0 aliphatic carbocycles. The lowest BCUT2D eigenvalue weighted by atomic mass is 10.0. The number of benzene rings is 1. The van der Waals surface area contributed by atoms with E-state index in [1.54, 1.807) is 0 Å². The standard InChI is InChI=1S/C16H26N2/c1-3-14-5-7-15(8-6-14)13-18(4-2)16-9-11-17-12-10-16/h5-8,16-17H,3-4,9-13H2,1-2H3. The van der Waals surface area contributed by atoms with Crippen LogP contribution >= 0.6 is 0 Å². The van der Waals surface area contributed by atoms with Gasteiger partial charge in [0.2, 0.25) is 0 Å². The van der Waals surface area contributed by atoms with Gasteiger partial charge >= 0.3 is 0 Å². The van der Waals surface area contributed by atoms with Gasteiger partial charge in [-0.1, -0.05) is 38.1 Å². The van der Waals surface area contributed by atoms with Gasteiger partial charge in [-0.25, -0.2) is 0 Å². The fraction of sp³-hybridized carbons (Fsp3) is 0.625. The minimum absolute atomic E-state index is 0.766. The quantitative estimate of drug-likeness (QED) is 0.859. The maximum absolute atomic E-state index is 3.45. The van der Waals surface area contributed by atoms with Gasteiger partial charge in [-0.3, -0.25) is 4.90 Å². The summed E-state index contributed by atoms with van der Waals surface area (Å²) in [5.74, 6) is 0. The van der Waals surface area contributed by atoms with Gasteiger partial charge in [0, 0.05) is 12.6 Å². The number of piperidine rings is 1. The smallest absolute Gasteiger partial charge is 0.0236 e. The van der Waals surface area contributed by atoms with Crippen LogP contribution in [-0.2, 0) is 13.0 Å². The molecule has 1 fully saturated rings. The lowest BCUT2D eigenvalue weighted by Crippen LogP contribution is -2.42. The Morgan fingerprint density at radius 3 is 2.22 bits per heavy atom. The fourth-order valence-corrected chi connectivity index (χ4v) is 2.79. The number of aryl methyl sites for hydroxylation is 1. The second-order valence-electron chi connectivity index (χ2n) is 5.21. The van der Waals surface area contributed by atoms with Gasteiger partial charge in [0.25, 0.3) is 0 Å². The minimum atomic E-state index is 0.766. The molecule has 0 amide bonds. The van der Waals surface area contributed by atoms with Gasteiger partial charge in [-0.05, 0) is 50.0 Å². The van der Waals surface area contributed by atoms with Crippen LogP contribution in [0.3, 0.4) is 0 Å². The van der Waals surface area contributed by atoms with Crippen molar-refractivity contribution in [3.63, 3.8) is 0 Å². The summed E-state index contributed by atoms with van der Waals surface area (Å²) in [6, 6.07) is 9.89. The van der Waals surface area contributed by atoms with E-state index in [2.05, 4.69) is 48.3 Å². The largest absolute Gasteiger partial charge is 0.317 e. The maximum atomic E-state index is 3.45. The molecule has 2 rings (SSSR count). The molecule has 2 nitrogen and oxygen atoms in total. The topological polar surface area (TPSA) is 15.3 Å².